The number of nitrogens with one attached hydrogen (secondary N) is 1. The summed E-state index contributed by atoms with van der Waals surface area (Å²) in [5, 5.41) is 3.41. The minimum atomic E-state index is 0.0456. The van der Waals surface area contributed by atoms with Crippen molar-refractivity contribution in [2.24, 2.45) is 5.92 Å². The SMILES string of the molecule is CNC(CCC(C)(C)OC)C1CC1. The van der Waals surface area contributed by atoms with Gasteiger partial charge >= 0.3 is 0 Å². The maximum Gasteiger partial charge on any atom is 0.0623 e. The van der Waals surface area contributed by atoms with Gasteiger partial charge in [0.25, 0.3) is 0 Å². The minimum Gasteiger partial charge on any atom is -0.379 e. The molecule has 1 N–H and O–H groups in total. The summed E-state index contributed by atoms with van der Waals surface area (Å²) in [5.41, 5.74) is 0.0456. The van der Waals surface area contributed by atoms with Crippen LogP contribution in [-0.4, -0.2) is 25.8 Å². The van der Waals surface area contributed by atoms with Gasteiger partial charge in [-0.25, -0.2) is 0 Å². The molecule has 0 aromatic heterocycles. The molecule has 1 unspecified atom stereocenters. The van der Waals surface area contributed by atoms with E-state index in [1.54, 1.807) is 7.11 Å². The minimum absolute atomic E-state index is 0.0456. The Morgan fingerprint density at radius 2 is 2.08 bits per heavy atom. The number of hydrogen-bond donors (Lipinski definition) is 1. The van der Waals surface area contributed by atoms with Crippen molar-refractivity contribution in [1.29, 1.82) is 0 Å². The lowest BCUT2D eigenvalue weighted by atomic mass is 9.97. The van der Waals surface area contributed by atoms with Crippen LogP contribution in [0.1, 0.15) is 39.5 Å². The summed E-state index contributed by atoms with van der Waals surface area (Å²) in [6, 6.07) is 0.717. The highest BCUT2D eigenvalue weighted by atomic mass is 16.5. The van der Waals surface area contributed by atoms with Gasteiger partial charge in [-0.3, -0.25) is 0 Å². The first-order chi connectivity index (χ1) is 6.09. The van der Waals surface area contributed by atoms with Gasteiger partial charge in [0, 0.05) is 13.2 Å². The average molecular weight is 185 g/mol. The average Bonchev–Trinajstić information content (AvgIpc) is 2.89. The maximum atomic E-state index is 5.40. The highest BCUT2D eigenvalue weighted by Gasteiger charge is 2.31. The largest absolute Gasteiger partial charge is 0.379 e. The van der Waals surface area contributed by atoms with Gasteiger partial charge in [-0.2, -0.15) is 0 Å². The molecule has 1 fully saturated rings. The van der Waals surface area contributed by atoms with Gasteiger partial charge in [-0.1, -0.05) is 0 Å². The Labute approximate surface area is 82.0 Å². The van der Waals surface area contributed by atoms with Crippen molar-refractivity contribution in [3.05, 3.63) is 0 Å². The quantitative estimate of drug-likeness (QED) is 0.685. The molecular weight excluding hydrogens is 162 g/mol. The molecule has 1 aliphatic rings. The van der Waals surface area contributed by atoms with E-state index in [-0.39, 0.29) is 5.60 Å². The fourth-order valence-electron chi connectivity index (χ4n) is 1.72. The third kappa shape index (κ3) is 3.65. The number of rotatable bonds is 6. The second kappa shape index (κ2) is 4.43. The lowest BCUT2D eigenvalue weighted by Gasteiger charge is -2.25. The second-order valence-corrected chi connectivity index (χ2v) is 4.74. The fourth-order valence-corrected chi connectivity index (χ4v) is 1.72. The molecule has 0 aromatic rings. The first-order valence-electron chi connectivity index (χ1n) is 5.31. The third-order valence-electron chi connectivity index (χ3n) is 3.17. The van der Waals surface area contributed by atoms with Crippen LogP contribution in [0.15, 0.2) is 0 Å². The Bertz CT molecular complexity index is 152. The molecule has 1 saturated carbocycles. The molecule has 0 aromatic carbocycles. The predicted octanol–water partition coefficient (Wildman–Crippen LogP) is 2.19. The highest BCUT2D eigenvalue weighted by molar-refractivity contribution is 4.86. The zero-order valence-electron chi connectivity index (χ0n) is 9.39. The van der Waals surface area contributed by atoms with Crippen LogP contribution in [0.3, 0.4) is 0 Å². The Morgan fingerprint density at radius 1 is 1.46 bits per heavy atom. The van der Waals surface area contributed by atoms with Crippen molar-refractivity contribution in [1.82, 2.24) is 5.32 Å². The standard InChI is InChI=1S/C11H23NO/c1-11(2,13-4)8-7-10(12-3)9-5-6-9/h9-10,12H,5-8H2,1-4H3. The summed E-state index contributed by atoms with van der Waals surface area (Å²) in [6.07, 6.45) is 5.21. The topological polar surface area (TPSA) is 21.3 Å². The summed E-state index contributed by atoms with van der Waals surface area (Å²) in [6.45, 7) is 4.32. The molecule has 1 rings (SSSR count). The van der Waals surface area contributed by atoms with Crippen molar-refractivity contribution in [3.63, 3.8) is 0 Å². The van der Waals surface area contributed by atoms with E-state index in [0.717, 1.165) is 18.4 Å². The first-order valence-corrected chi connectivity index (χ1v) is 5.31. The van der Waals surface area contributed by atoms with Crippen LogP contribution in [0.2, 0.25) is 0 Å². The lowest BCUT2D eigenvalue weighted by molar-refractivity contribution is 0.0114. The summed E-state index contributed by atoms with van der Waals surface area (Å²) in [4.78, 5) is 0. The first kappa shape index (κ1) is 11.0. The van der Waals surface area contributed by atoms with Crippen molar-refractivity contribution in [3.8, 4) is 0 Å². The van der Waals surface area contributed by atoms with Crippen LogP contribution in [0.4, 0.5) is 0 Å². The van der Waals surface area contributed by atoms with Crippen LogP contribution in [-0.2, 0) is 4.74 Å². The molecule has 0 saturated heterocycles. The van der Waals surface area contributed by atoms with Crippen LogP contribution in [0, 0.1) is 5.92 Å². The molecule has 78 valence electrons. The summed E-state index contributed by atoms with van der Waals surface area (Å²) in [5.74, 6) is 0.942. The monoisotopic (exact) mass is 185 g/mol. The molecule has 2 heteroatoms. The van der Waals surface area contributed by atoms with Crippen LogP contribution < -0.4 is 5.32 Å². The summed E-state index contributed by atoms with van der Waals surface area (Å²) < 4.78 is 5.40. The van der Waals surface area contributed by atoms with Crippen molar-refractivity contribution >= 4 is 0 Å². The van der Waals surface area contributed by atoms with Gasteiger partial charge in [0.15, 0.2) is 0 Å². The van der Waals surface area contributed by atoms with E-state index in [0.29, 0.717) is 0 Å². The van der Waals surface area contributed by atoms with E-state index in [2.05, 4.69) is 26.2 Å². The molecule has 2 nitrogen and oxygen atoms in total. The fraction of sp³-hybridized carbons (Fsp3) is 1.00. The van der Waals surface area contributed by atoms with E-state index >= 15 is 0 Å². The van der Waals surface area contributed by atoms with Gasteiger partial charge in [-0.15, -0.1) is 0 Å². The van der Waals surface area contributed by atoms with Crippen molar-refractivity contribution < 1.29 is 4.74 Å². The Morgan fingerprint density at radius 3 is 2.46 bits per heavy atom. The molecule has 0 bridgehead atoms. The number of ether oxygens (including phenoxy) is 1. The molecule has 1 atom stereocenters. The molecule has 0 spiro atoms. The van der Waals surface area contributed by atoms with Crippen molar-refractivity contribution in [2.75, 3.05) is 14.2 Å². The van der Waals surface area contributed by atoms with E-state index < -0.39 is 0 Å². The van der Waals surface area contributed by atoms with Gasteiger partial charge in [0.05, 0.1) is 5.60 Å². The smallest absolute Gasteiger partial charge is 0.0623 e. The van der Waals surface area contributed by atoms with E-state index in [1.165, 1.54) is 19.3 Å². The zero-order chi connectivity index (χ0) is 9.90. The van der Waals surface area contributed by atoms with Crippen LogP contribution in [0.25, 0.3) is 0 Å². The maximum absolute atomic E-state index is 5.40. The molecule has 0 amide bonds. The zero-order valence-corrected chi connectivity index (χ0v) is 9.39. The number of methoxy groups -OCH3 is 1. The predicted molar refractivity (Wildman–Crippen MR) is 55.9 cm³/mol. The molecule has 0 heterocycles. The highest BCUT2D eigenvalue weighted by Crippen LogP contribution is 2.35. The van der Waals surface area contributed by atoms with Gasteiger partial charge in [0.2, 0.25) is 0 Å². The molecule has 0 aliphatic heterocycles. The molecular formula is C11H23NO. The Hall–Kier alpha value is -0.0800. The van der Waals surface area contributed by atoms with E-state index in [1.807, 2.05) is 0 Å². The lowest BCUT2D eigenvalue weighted by Crippen LogP contribution is -2.31. The third-order valence-corrected chi connectivity index (χ3v) is 3.17. The van der Waals surface area contributed by atoms with Gasteiger partial charge in [0.1, 0.15) is 0 Å². The summed E-state index contributed by atoms with van der Waals surface area (Å²) in [7, 11) is 3.87. The van der Waals surface area contributed by atoms with Crippen molar-refractivity contribution in [2.45, 2.75) is 51.2 Å². The Balaban J connectivity index is 2.22. The molecule has 1 aliphatic carbocycles. The van der Waals surface area contributed by atoms with E-state index in [9.17, 15) is 0 Å². The summed E-state index contributed by atoms with van der Waals surface area (Å²) >= 11 is 0. The van der Waals surface area contributed by atoms with E-state index in [4.69, 9.17) is 4.74 Å². The second-order valence-electron chi connectivity index (χ2n) is 4.74. The normalized spacial score (nSPS) is 20.3. The number of hydrogen-bond acceptors (Lipinski definition) is 2. The van der Waals surface area contributed by atoms with Crippen LogP contribution >= 0.6 is 0 Å². The Kier molecular flexibility index (Phi) is 3.74. The van der Waals surface area contributed by atoms with Gasteiger partial charge < -0.3 is 10.1 Å². The van der Waals surface area contributed by atoms with Gasteiger partial charge in [-0.05, 0) is 52.5 Å². The molecule has 13 heavy (non-hydrogen) atoms. The molecule has 0 radical (unpaired) electrons. The van der Waals surface area contributed by atoms with Crippen LogP contribution in [0.5, 0.6) is 0 Å².